The van der Waals surface area contributed by atoms with Crippen LogP contribution in [0.15, 0.2) is 30.3 Å². The molecule has 2 fully saturated rings. The van der Waals surface area contributed by atoms with E-state index in [0.29, 0.717) is 17.2 Å². The molecule has 36 heavy (non-hydrogen) atoms. The Morgan fingerprint density at radius 3 is 2.28 bits per heavy atom. The second-order valence-corrected chi connectivity index (χ2v) is 10.6. The van der Waals surface area contributed by atoms with Crippen molar-refractivity contribution in [2.45, 2.75) is 69.8 Å². The van der Waals surface area contributed by atoms with Gasteiger partial charge in [-0.2, -0.15) is 24.9 Å². The Labute approximate surface area is 213 Å². The minimum atomic E-state index is -4.99. The number of carbonyl (C=O) groups is 3. The smallest absolute Gasteiger partial charge is 0.465 e. The molecule has 0 bridgehead atoms. The van der Waals surface area contributed by atoms with Crippen LogP contribution in [0.4, 0.5) is 18.0 Å². The van der Waals surface area contributed by atoms with Crippen LogP contribution in [0, 0.1) is 5.92 Å². The first-order valence-corrected chi connectivity index (χ1v) is 13.6. The molecule has 0 radical (unpaired) electrons. The molecule has 0 aromatic heterocycles. The molecule has 0 spiro atoms. The number of likely N-dealkylation sites (tertiary alicyclic amines) is 1. The van der Waals surface area contributed by atoms with Gasteiger partial charge < -0.3 is 20.2 Å². The van der Waals surface area contributed by atoms with Gasteiger partial charge in [0.05, 0.1) is 0 Å². The van der Waals surface area contributed by atoms with Gasteiger partial charge in [-0.3, -0.25) is 9.59 Å². The summed E-state index contributed by atoms with van der Waals surface area (Å²) in [7, 11) is 0. The summed E-state index contributed by atoms with van der Waals surface area (Å²) in [4.78, 5) is 39.0. The molecule has 1 saturated heterocycles. The molecular formula is C25H34F3N3O4S. The van der Waals surface area contributed by atoms with E-state index in [-0.39, 0.29) is 38.4 Å². The Bertz CT molecular complexity index is 873. The molecule has 1 aromatic rings. The summed E-state index contributed by atoms with van der Waals surface area (Å²) in [6, 6.07) is 6.91. The largest absolute Gasteiger partial charge is 0.471 e. The third-order valence-corrected chi connectivity index (χ3v) is 8.15. The van der Waals surface area contributed by atoms with Gasteiger partial charge in [0, 0.05) is 31.4 Å². The molecule has 1 aliphatic carbocycles. The third kappa shape index (κ3) is 8.31. The highest BCUT2D eigenvalue weighted by atomic mass is 32.2. The minimum Gasteiger partial charge on any atom is -0.465 e. The van der Waals surface area contributed by atoms with Crippen LogP contribution in [0.5, 0.6) is 0 Å². The van der Waals surface area contributed by atoms with Gasteiger partial charge in [0.15, 0.2) is 0 Å². The molecule has 3 amide bonds. The highest BCUT2D eigenvalue weighted by Gasteiger charge is 2.45. The van der Waals surface area contributed by atoms with E-state index in [1.54, 1.807) is 42.1 Å². The average molecular weight is 530 g/mol. The Morgan fingerprint density at radius 2 is 1.69 bits per heavy atom. The van der Waals surface area contributed by atoms with Crippen molar-refractivity contribution in [2.75, 3.05) is 24.6 Å². The lowest BCUT2D eigenvalue weighted by Gasteiger charge is -2.39. The van der Waals surface area contributed by atoms with E-state index in [0.717, 1.165) is 23.5 Å². The number of hydrogen-bond donors (Lipinski definition) is 2. The lowest BCUT2D eigenvalue weighted by molar-refractivity contribution is -0.189. The van der Waals surface area contributed by atoms with E-state index >= 15 is 0 Å². The molecule has 7 nitrogen and oxygen atoms in total. The number of alkyl halides is 3. The van der Waals surface area contributed by atoms with Gasteiger partial charge in [-0.05, 0) is 42.9 Å². The number of amides is 3. The van der Waals surface area contributed by atoms with Gasteiger partial charge >= 0.3 is 18.2 Å². The van der Waals surface area contributed by atoms with Gasteiger partial charge in [0.2, 0.25) is 5.91 Å². The third-order valence-electron chi connectivity index (χ3n) is 6.87. The van der Waals surface area contributed by atoms with E-state index < -0.39 is 30.3 Å². The number of carbonyl (C=O) groups excluding carboxylic acids is 2. The number of nitrogens with one attached hydrogen (secondary N) is 1. The number of piperidine rings is 1. The summed E-state index contributed by atoms with van der Waals surface area (Å²) < 4.78 is 40.0. The molecule has 1 atom stereocenters. The predicted molar refractivity (Wildman–Crippen MR) is 131 cm³/mol. The number of rotatable bonds is 9. The molecule has 0 unspecified atom stereocenters. The molecule has 3 rings (SSSR count). The van der Waals surface area contributed by atoms with E-state index in [9.17, 15) is 32.7 Å². The standard InChI is InChI=1S/C25H34F3N3O4S/c26-25(27,28)23(33)31(15-18-7-3-1-4-8-18)20-11-13-30(14-12-20)22(32)21(29-24(34)35)17-36-16-19-9-5-2-6-10-19/h1,3-4,7-8,19-21,29H,2,5-6,9-17H2,(H,34,35)/t21-/m0/s1. The molecular weight excluding hydrogens is 495 g/mol. The SMILES string of the molecule is O=C(O)N[C@@H](CSCC1CCCCC1)C(=O)N1CCC(N(Cc2ccccc2)C(=O)C(F)(F)F)CC1. The number of nitrogens with zero attached hydrogens (tertiary/aromatic N) is 2. The van der Waals surface area contributed by atoms with E-state index in [2.05, 4.69) is 5.32 Å². The summed E-state index contributed by atoms with van der Waals surface area (Å²) in [5.41, 5.74) is 0.592. The van der Waals surface area contributed by atoms with Crippen LogP contribution in [0.25, 0.3) is 0 Å². The van der Waals surface area contributed by atoms with Crippen LogP contribution < -0.4 is 5.32 Å². The number of benzene rings is 1. The van der Waals surface area contributed by atoms with Gasteiger partial charge in [-0.1, -0.05) is 49.6 Å². The zero-order chi connectivity index (χ0) is 26.1. The molecule has 2 aliphatic rings. The van der Waals surface area contributed by atoms with Crippen molar-refractivity contribution < 1.29 is 32.7 Å². The van der Waals surface area contributed by atoms with Crippen molar-refractivity contribution in [1.29, 1.82) is 0 Å². The number of halogens is 3. The van der Waals surface area contributed by atoms with Gasteiger partial charge in [0.25, 0.3) is 0 Å². The van der Waals surface area contributed by atoms with Crippen molar-refractivity contribution in [3.8, 4) is 0 Å². The molecule has 1 heterocycles. The topological polar surface area (TPSA) is 89.9 Å². The van der Waals surface area contributed by atoms with Gasteiger partial charge in [-0.25, -0.2) is 4.79 Å². The molecule has 1 aliphatic heterocycles. The Hall–Kier alpha value is -2.43. The van der Waals surface area contributed by atoms with Crippen LogP contribution in [-0.2, 0) is 16.1 Å². The lowest BCUT2D eigenvalue weighted by atomic mass is 9.91. The van der Waals surface area contributed by atoms with Crippen LogP contribution >= 0.6 is 11.8 Å². The van der Waals surface area contributed by atoms with Crippen LogP contribution in [-0.4, -0.2) is 75.7 Å². The minimum absolute atomic E-state index is 0.158. The highest BCUT2D eigenvalue weighted by molar-refractivity contribution is 7.99. The summed E-state index contributed by atoms with van der Waals surface area (Å²) in [5.74, 6) is -0.485. The first kappa shape index (κ1) is 28.1. The monoisotopic (exact) mass is 529 g/mol. The summed E-state index contributed by atoms with van der Waals surface area (Å²) in [6.07, 6.45) is 0.0614. The lowest BCUT2D eigenvalue weighted by Crippen LogP contribution is -2.55. The van der Waals surface area contributed by atoms with E-state index in [1.165, 1.54) is 24.2 Å². The van der Waals surface area contributed by atoms with Crippen LogP contribution in [0.2, 0.25) is 0 Å². The second kappa shape index (κ2) is 13.2. The number of carboxylic acid groups (broad SMARTS) is 1. The fraction of sp³-hybridized carbons (Fsp3) is 0.640. The maximum absolute atomic E-state index is 13.3. The summed E-state index contributed by atoms with van der Waals surface area (Å²) in [6.45, 7) is 0.148. The number of thioether (sulfide) groups is 1. The fourth-order valence-corrected chi connectivity index (χ4v) is 6.22. The first-order valence-electron chi connectivity index (χ1n) is 12.4. The Morgan fingerprint density at radius 1 is 1.06 bits per heavy atom. The predicted octanol–water partition coefficient (Wildman–Crippen LogP) is 4.52. The Balaban J connectivity index is 1.59. The van der Waals surface area contributed by atoms with Crippen molar-refractivity contribution >= 4 is 29.7 Å². The zero-order valence-electron chi connectivity index (χ0n) is 20.2. The highest BCUT2D eigenvalue weighted by Crippen LogP contribution is 2.28. The fourth-order valence-electron chi connectivity index (χ4n) is 4.96. The number of hydrogen-bond acceptors (Lipinski definition) is 4. The van der Waals surface area contributed by atoms with E-state index in [4.69, 9.17) is 0 Å². The first-order chi connectivity index (χ1) is 17.1. The molecule has 1 saturated carbocycles. The maximum Gasteiger partial charge on any atom is 0.471 e. The van der Waals surface area contributed by atoms with Crippen molar-refractivity contribution in [1.82, 2.24) is 15.1 Å². The maximum atomic E-state index is 13.3. The molecule has 1 aromatic carbocycles. The summed E-state index contributed by atoms with van der Waals surface area (Å²) >= 11 is 1.56. The van der Waals surface area contributed by atoms with Crippen molar-refractivity contribution in [3.63, 3.8) is 0 Å². The quantitative estimate of drug-likeness (QED) is 0.491. The van der Waals surface area contributed by atoms with Crippen molar-refractivity contribution in [2.24, 2.45) is 5.92 Å². The van der Waals surface area contributed by atoms with Gasteiger partial charge in [0.1, 0.15) is 6.04 Å². The normalized spacial score (nSPS) is 18.5. The second-order valence-electron chi connectivity index (χ2n) is 9.52. The van der Waals surface area contributed by atoms with Gasteiger partial charge in [-0.15, -0.1) is 0 Å². The van der Waals surface area contributed by atoms with Crippen LogP contribution in [0.3, 0.4) is 0 Å². The Kier molecular flexibility index (Phi) is 10.3. The average Bonchev–Trinajstić information content (AvgIpc) is 2.86. The summed E-state index contributed by atoms with van der Waals surface area (Å²) in [5, 5.41) is 11.5. The molecule has 2 N–H and O–H groups in total. The molecule has 11 heteroatoms. The molecule has 200 valence electrons. The zero-order valence-corrected chi connectivity index (χ0v) is 21.0. The van der Waals surface area contributed by atoms with Crippen LogP contribution in [0.1, 0.15) is 50.5 Å². The van der Waals surface area contributed by atoms with Crippen molar-refractivity contribution in [3.05, 3.63) is 35.9 Å². The van der Waals surface area contributed by atoms with E-state index in [1.807, 2.05) is 0 Å².